The molecule has 1 N–H and O–H groups in total. The van der Waals surface area contributed by atoms with Crippen LogP contribution >= 0.6 is 11.3 Å². The smallest absolute Gasteiger partial charge is 0.208 e. The molecule has 1 aromatic heterocycles. The number of sulfonamides is 1. The Morgan fingerprint density at radius 2 is 1.92 bits per heavy atom. The number of nitrogens with one attached hydrogen (secondary N) is 1. The van der Waals surface area contributed by atoms with E-state index < -0.39 is 10.0 Å². The molecule has 136 valence electrons. The fraction of sp³-hybridized carbons (Fsp3) is 0.500. The first kappa shape index (κ1) is 18.4. The largest absolute Gasteiger partial charge is 0.348 e. The summed E-state index contributed by atoms with van der Waals surface area (Å²) in [5.41, 5.74) is 3.23. The van der Waals surface area contributed by atoms with E-state index in [4.69, 9.17) is 4.98 Å². The van der Waals surface area contributed by atoms with Gasteiger partial charge in [0.25, 0.3) is 0 Å². The van der Waals surface area contributed by atoms with E-state index in [1.807, 2.05) is 12.1 Å². The van der Waals surface area contributed by atoms with Gasteiger partial charge in [-0.25, -0.2) is 18.1 Å². The van der Waals surface area contributed by atoms with E-state index in [9.17, 15) is 8.42 Å². The van der Waals surface area contributed by atoms with Gasteiger partial charge in [-0.3, -0.25) is 0 Å². The molecule has 1 aliphatic rings. The van der Waals surface area contributed by atoms with Gasteiger partial charge in [-0.05, 0) is 30.7 Å². The molecule has 7 heteroatoms. The van der Waals surface area contributed by atoms with Gasteiger partial charge in [0, 0.05) is 30.6 Å². The molecule has 3 rings (SSSR count). The number of hydrogen-bond acceptors (Lipinski definition) is 5. The van der Waals surface area contributed by atoms with Gasteiger partial charge in [0.1, 0.15) is 0 Å². The van der Waals surface area contributed by atoms with Crippen LogP contribution in [-0.2, 0) is 16.4 Å². The summed E-state index contributed by atoms with van der Waals surface area (Å²) < 4.78 is 24.7. The van der Waals surface area contributed by atoms with Crippen LogP contribution in [0.1, 0.15) is 25.3 Å². The molecule has 1 fully saturated rings. The molecule has 5 nitrogen and oxygen atoms in total. The van der Waals surface area contributed by atoms with Gasteiger partial charge in [0.05, 0.1) is 11.9 Å². The van der Waals surface area contributed by atoms with Crippen molar-refractivity contribution in [2.75, 3.05) is 30.8 Å². The monoisotopic (exact) mass is 379 g/mol. The second-order valence-corrected chi connectivity index (χ2v) is 9.47. The highest BCUT2D eigenvalue weighted by Gasteiger charge is 2.18. The third kappa shape index (κ3) is 5.26. The summed E-state index contributed by atoms with van der Waals surface area (Å²) >= 11 is 1.71. The number of anilines is 1. The topological polar surface area (TPSA) is 62.3 Å². The third-order valence-corrected chi connectivity index (χ3v) is 6.20. The summed E-state index contributed by atoms with van der Waals surface area (Å²) in [5, 5.41) is 3.23. The van der Waals surface area contributed by atoms with Crippen LogP contribution in [0.3, 0.4) is 0 Å². The van der Waals surface area contributed by atoms with Crippen molar-refractivity contribution in [3.63, 3.8) is 0 Å². The van der Waals surface area contributed by atoms with Crippen LogP contribution in [0.15, 0.2) is 29.6 Å². The Balaban J connectivity index is 1.61. The maximum absolute atomic E-state index is 11.1. The number of hydrogen-bond donors (Lipinski definition) is 1. The lowest BCUT2D eigenvalue weighted by Gasteiger charge is -2.29. The van der Waals surface area contributed by atoms with Crippen LogP contribution in [0.2, 0.25) is 0 Å². The van der Waals surface area contributed by atoms with Crippen molar-refractivity contribution in [3.8, 4) is 11.3 Å². The maximum Gasteiger partial charge on any atom is 0.208 e. The molecule has 1 saturated heterocycles. The third-order valence-electron chi connectivity index (χ3n) is 4.57. The summed E-state index contributed by atoms with van der Waals surface area (Å²) in [6.45, 7) is 4.94. The Kier molecular flexibility index (Phi) is 5.76. The van der Waals surface area contributed by atoms with Crippen molar-refractivity contribution in [2.45, 2.75) is 26.2 Å². The molecule has 0 aliphatic carbocycles. The van der Waals surface area contributed by atoms with E-state index in [-0.39, 0.29) is 0 Å². The van der Waals surface area contributed by atoms with Crippen LogP contribution in [0.25, 0.3) is 11.3 Å². The van der Waals surface area contributed by atoms with Crippen molar-refractivity contribution < 1.29 is 8.42 Å². The van der Waals surface area contributed by atoms with Gasteiger partial charge < -0.3 is 4.90 Å². The van der Waals surface area contributed by atoms with Crippen molar-refractivity contribution in [1.29, 1.82) is 0 Å². The van der Waals surface area contributed by atoms with Crippen LogP contribution in [0.5, 0.6) is 0 Å². The van der Waals surface area contributed by atoms with E-state index in [1.165, 1.54) is 19.1 Å². The number of piperidine rings is 1. The molecular weight excluding hydrogens is 354 g/mol. The van der Waals surface area contributed by atoms with Crippen LogP contribution < -0.4 is 9.62 Å². The number of aromatic nitrogens is 1. The molecule has 2 aromatic rings. The zero-order chi connectivity index (χ0) is 17.9. The minimum atomic E-state index is -3.12. The van der Waals surface area contributed by atoms with Crippen molar-refractivity contribution in [2.24, 2.45) is 5.92 Å². The maximum atomic E-state index is 11.1. The fourth-order valence-corrected chi connectivity index (χ4v) is 4.33. The van der Waals surface area contributed by atoms with Gasteiger partial charge in [0.15, 0.2) is 5.13 Å². The van der Waals surface area contributed by atoms with Gasteiger partial charge >= 0.3 is 0 Å². The molecule has 0 unspecified atom stereocenters. The van der Waals surface area contributed by atoms with Gasteiger partial charge in [-0.2, -0.15) is 0 Å². The highest BCUT2D eigenvalue weighted by Crippen LogP contribution is 2.30. The lowest BCUT2D eigenvalue weighted by atomic mass is 10.00. The lowest BCUT2D eigenvalue weighted by molar-refractivity contribution is 0.438. The Morgan fingerprint density at radius 3 is 2.56 bits per heavy atom. The lowest BCUT2D eigenvalue weighted by Crippen LogP contribution is -2.32. The second-order valence-electron chi connectivity index (χ2n) is 6.80. The molecule has 0 atom stereocenters. The van der Waals surface area contributed by atoms with Crippen LogP contribution in [0.4, 0.5) is 5.13 Å². The summed E-state index contributed by atoms with van der Waals surface area (Å²) in [5.74, 6) is 0.820. The first-order valence-corrected chi connectivity index (χ1v) is 11.4. The predicted octanol–water partition coefficient (Wildman–Crippen LogP) is 3.14. The van der Waals surface area contributed by atoms with E-state index in [0.717, 1.165) is 41.0 Å². The zero-order valence-electron chi connectivity index (χ0n) is 14.7. The normalized spacial score (nSPS) is 16.3. The Hall–Kier alpha value is -1.44. The number of nitrogens with zero attached hydrogens (tertiary/aromatic N) is 2. The summed E-state index contributed by atoms with van der Waals surface area (Å²) in [7, 11) is -3.12. The molecule has 1 aromatic carbocycles. The van der Waals surface area contributed by atoms with Crippen LogP contribution in [0, 0.1) is 5.92 Å². The Labute approximate surface area is 154 Å². The molecule has 0 saturated carbocycles. The molecule has 0 spiro atoms. The van der Waals surface area contributed by atoms with Crippen LogP contribution in [-0.4, -0.2) is 39.3 Å². The van der Waals surface area contributed by atoms with E-state index in [2.05, 4.69) is 34.1 Å². The zero-order valence-corrected chi connectivity index (χ0v) is 16.4. The number of benzene rings is 1. The minimum Gasteiger partial charge on any atom is -0.348 e. The van der Waals surface area contributed by atoms with Gasteiger partial charge in [-0.15, -0.1) is 11.3 Å². The Bertz CT molecular complexity index is 792. The summed E-state index contributed by atoms with van der Waals surface area (Å²) in [6.07, 6.45) is 4.34. The molecule has 1 aliphatic heterocycles. The highest BCUT2D eigenvalue weighted by atomic mass is 32.2. The molecule has 0 radical (unpaired) electrons. The van der Waals surface area contributed by atoms with Crippen molar-refractivity contribution in [1.82, 2.24) is 9.71 Å². The first-order valence-electron chi connectivity index (χ1n) is 8.65. The van der Waals surface area contributed by atoms with Gasteiger partial charge in [-0.1, -0.05) is 31.2 Å². The molecule has 25 heavy (non-hydrogen) atoms. The average Bonchev–Trinajstić information content (AvgIpc) is 3.05. The van der Waals surface area contributed by atoms with E-state index >= 15 is 0 Å². The predicted molar refractivity (Wildman–Crippen MR) is 105 cm³/mol. The van der Waals surface area contributed by atoms with Crippen molar-refractivity contribution in [3.05, 3.63) is 35.2 Å². The molecule has 0 amide bonds. The average molecular weight is 380 g/mol. The fourth-order valence-electron chi connectivity index (χ4n) is 2.96. The quantitative estimate of drug-likeness (QED) is 0.838. The molecular formula is C18H25N3O2S2. The number of rotatable bonds is 6. The van der Waals surface area contributed by atoms with E-state index in [0.29, 0.717) is 13.0 Å². The second kappa shape index (κ2) is 7.85. The van der Waals surface area contributed by atoms with Crippen molar-refractivity contribution >= 4 is 26.5 Å². The SMILES string of the molecule is CC1CCN(c2nc(-c3ccc(CCNS(C)(=O)=O)cc3)cs2)CC1. The van der Waals surface area contributed by atoms with E-state index in [1.54, 1.807) is 11.3 Å². The minimum absolute atomic E-state index is 0.423. The first-order chi connectivity index (χ1) is 11.9. The summed E-state index contributed by atoms with van der Waals surface area (Å²) in [4.78, 5) is 7.19. The molecule has 2 heterocycles. The summed E-state index contributed by atoms with van der Waals surface area (Å²) in [6, 6.07) is 8.21. The standard InChI is InChI=1S/C18H25N3O2S2/c1-14-8-11-21(12-9-14)18-20-17(13-24-18)16-5-3-15(4-6-16)7-10-19-25(2,22)23/h3-6,13-14,19H,7-12H2,1-2H3. The van der Waals surface area contributed by atoms with Gasteiger partial charge in [0.2, 0.25) is 10.0 Å². The Morgan fingerprint density at radius 1 is 1.24 bits per heavy atom. The highest BCUT2D eigenvalue weighted by molar-refractivity contribution is 7.88. The molecule has 0 bridgehead atoms. The number of thiazole rings is 1.